The van der Waals surface area contributed by atoms with Crippen molar-refractivity contribution in [2.24, 2.45) is 5.73 Å². The topological polar surface area (TPSA) is 26.0 Å². The second-order valence-electron chi connectivity index (χ2n) is 2.76. The number of benzene rings is 1. The van der Waals surface area contributed by atoms with Crippen LogP contribution < -0.4 is 5.73 Å². The van der Waals surface area contributed by atoms with E-state index in [1.165, 1.54) is 12.1 Å². The molecule has 1 rings (SSSR count). The average Bonchev–Trinajstić information content (AvgIpc) is 2.10. The number of alkyl halides is 1. The van der Waals surface area contributed by atoms with Crippen molar-refractivity contribution in [2.75, 3.05) is 6.67 Å². The van der Waals surface area contributed by atoms with Gasteiger partial charge in [0.05, 0.1) is 11.7 Å². The molecule has 0 saturated heterocycles. The molecule has 0 aromatic heterocycles. The number of nitrogens with two attached hydrogens (primary N) is 1. The van der Waals surface area contributed by atoms with Crippen LogP contribution in [-0.4, -0.2) is 6.67 Å². The fourth-order valence-electron chi connectivity index (χ4n) is 1.03. The summed E-state index contributed by atoms with van der Waals surface area (Å²) in [7, 11) is 0. The molecule has 2 N–H and O–H groups in total. The van der Waals surface area contributed by atoms with Crippen LogP contribution in [0.1, 0.15) is 18.0 Å². The van der Waals surface area contributed by atoms with Gasteiger partial charge in [-0.1, -0.05) is 17.7 Å². The van der Waals surface area contributed by atoms with E-state index < -0.39 is 18.5 Å². The van der Waals surface area contributed by atoms with Gasteiger partial charge in [0.2, 0.25) is 0 Å². The van der Waals surface area contributed by atoms with Gasteiger partial charge in [-0.25, -0.2) is 4.39 Å². The van der Waals surface area contributed by atoms with Crippen molar-refractivity contribution >= 4 is 24.0 Å². The molecule has 1 nitrogen and oxygen atoms in total. The van der Waals surface area contributed by atoms with E-state index in [0.29, 0.717) is 5.56 Å². The van der Waals surface area contributed by atoms with Crippen LogP contribution in [0.3, 0.4) is 0 Å². The van der Waals surface area contributed by atoms with Gasteiger partial charge < -0.3 is 5.73 Å². The Bertz CT molecular complexity index is 294. The monoisotopic (exact) mass is 241 g/mol. The maximum absolute atomic E-state index is 12.9. The van der Waals surface area contributed by atoms with Gasteiger partial charge in [-0.2, -0.15) is 0 Å². The first-order valence-corrected chi connectivity index (χ1v) is 4.29. The molecule has 0 saturated carbocycles. The molecule has 0 aliphatic rings. The van der Waals surface area contributed by atoms with E-state index in [2.05, 4.69) is 0 Å². The predicted molar refractivity (Wildman–Crippen MR) is 56.2 cm³/mol. The van der Waals surface area contributed by atoms with Crippen molar-refractivity contribution in [2.45, 2.75) is 12.5 Å². The average molecular weight is 242 g/mol. The summed E-state index contributed by atoms with van der Waals surface area (Å²) in [5.74, 6) is -0.520. The number of rotatable bonds is 3. The fourth-order valence-corrected chi connectivity index (χ4v) is 1.14. The minimum absolute atomic E-state index is 0. The van der Waals surface area contributed by atoms with Crippen LogP contribution in [-0.2, 0) is 0 Å². The summed E-state index contributed by atoms with van der Waals surface area (Å²) in [5.41, 5.74) is 6.14. The van der Waals surface area contributed by atoms with E-state index in [1.807, 2.05) is 0 Å². The zero-order chi connectivity index (χ0) is 9.84. The highest BCUT2D eigenvalue weighted by molar-refractivity contribution is 6.30. The summed E-state index contributed by atoms with van der Waals surface area (Å²) in [5, 5.41) is 0.0520. The van der Waals surface area contributed by atoms with Crippen molar-refractivity contribution < 1.29 is 8.78 Å². The van der Waals surface area contributed by atoms with Gasteiger partial charge in [-0.05, 0) is 24.1 Å². The molecule has 14 heavy (non-hydrogen) atoms. The summed E-state index contributed by atoms with van der Waals surface area (Å²) in [6.45, 7) is -0.509. The molecule has 0 heterocycles. The number of hydrogen-bond acceptors (Lipinski definition) is 1. The lowest BCUT2D eigenvalue weighted by Crippen LogP contribution is -2.11. The minimum atomic E-state index is -0.520. The first-order chi connectivity index (χ1) is 6.15. The van der Waals surface area contributed by atoms with E-state index >= 15 is 0 Å². The maximum atomic E-state index is 12.9. The Kier molecular flexibility index (Phi) is 6.00. The SMILES string of the molecule is Cl.N[C@@H](CCF)c1ccc(Cl)c(F)c1. The lowest BCUT2D eigenvalue weighted by Gasteiger charge is -2.09. The zero-order valence-electron chi connectivity index (χ0n) is 7.34. The largest absolute Gasteiger partial charge is 0.324 e. The Morgan fingerprint density at radius 1 is 1.43 bits per heavy atom. The molecule has 80 valence electrons. The van der Waals surface area contributed by atoms with Crippen LogP contribution in [0.2, 0.25) is 5.02 Å². The van der Waals surface area contributed by atoms with Gasteiger partial charge >= 0.3 is 0 Å². The molecule has 0 spiro atoms. The third-order valence-electron chi connectivity index (χ3n) is 1.79. The van der Waals surface area contributed by atoms with Crippen LogP contribution in [0, 0.1) is 5.82 Å². The van der Waals surface area contributed by atoms with Crippen LogP contribution in [0.4, 0.5) is 8.78 Å². The quantitative estimate of drug-likeness (QED) is 0.864. The molecule has 1 atom stereocenters. The number of halogens is 4. The lowest BCUT2D eigenvalue weighted by atomic mass is 10.1. The van der Waals surface area contributed by atoms with Crippen molar-refractivity contribution in [1.82, 2.24) is 0 Å². The molecule has 0 radical (unpaired) electrons. The van der Waals surface area contributed by atoms with E-state index in [0.717, 1.165) is 0 Å². The highest BCUT2D eigenvalue weighted by Crippen LogP contribution is 2.20. The highest BCUT2D eigenvalue weighted by Gasteiger charge is 2.08. The lowest BCUT2D eigenvalue weighted by molar-refractivity contribution is 0.441. The molecule has 1 aromatic carbocycles. The Morgan fingerprint density at radius 2 is 2.07 bits per heavy atom. The van der Waals surface area contributed by atoms with E-state index in [9.17, 15) is 8.78 Å². The van der Waals surface area contributed by atoms with Crippen molar-refractivity contribution in [3.05, 3.63) is 34.6 Å². The third kappa shape index (κ3) is 3.40. The summed E-state index contributed by atoms with van der Waals surface area (Å²) in [4.78, 5) is 0. The van der Waals surface area contributed by atoms with Gasteiger partial charge in [0.15, 0.2) is 0 Å². The molecule has 0 aliphatic heterocycles. The van der Waals surface area contributed by atoms with Crippen LogP contribution >= 0.6 is 24.0 Å². The van der Waals surface area contributed by atoms with E-state index in [1.54, 1.807) is 6.07 Å². The first-order valence-electron chi connectivity index (χ1n) is 3.91. The van der Waals surface area contributed by atoms with Crippen molar-refractivity contribution in [3.8, 4) is 0 Å². The van der Waals surface area contributed by atoms with Crippen molar-refractivity contribution in [3.63, 3.8) is 0 Å². The Morgan fingerprint density at radius 3 is 2.57 bits per heavy atom. The highest BCUT2D eigenvalue weighted by atomic mass is 35.5. The molecule has 0 bridgehead atoms. The summed E-state index contributed by atoms with van der Waals surface area (Å²) in [6.07, 6.45) is 0.196. The van der Waals surface area contributed by atoms with Gasteiger partial charge in [0.25, 0.3) is 0 Å². The third-order valence-corrected chi connectivity index (χ3v) is 2.10. The second-order valence-corrected chi connectivity index (χ2v) is 3.16. The summed E-state index contributed by atoms with van der Waals surface area (Å²) in [6, 6.07) is 3.80. The van der Waals surface area contributed by atoms with Crippen molar-refractivity contribution in [1.29, 1.82) is 0 Å². The first kappa shape index (κ1) is 13.6. The molecule has 0 unspecified atom stereocenters. The minimum Gasteiger partial charge on any atom is -0.324 e. The Labute approximate surface area is 92.7 Å². The van der Waals surface area contributed by atoms with E-state index in [4.69, 9.17) is 17.3 Å². The van der Waals surface area contributed by atoms with Crippen LogP contribution in [0.5, 0.6) is 0 Å². The molecule has 5 heteroatoms. The summed E-state index contributed by atoms with van der Waals surface area (Å²) < 4.78 is 24.8. The Hall–Kier alpha value is -0.380. The maximum Gasteiger partial charge on any atom is 0.142 e. The Balaban J connectivity index is 0.00000169. The van der Waals surface area contributed by atoms with E-state index in [-0.39, 0.29) is 23.9 Å². The van der Waals surface area contributed by atoms with Crippen LogP contribution in [0.25, 0.3) is 0 Å². The molecular weight excluding hydrogens is 231 g/mol. The predicted octanol–water partition coefficient (Wildman–Crippen LogP) is 3.26. The molecule has 1 aromatic rings. The fraction of sp³-hybridized carbons (Fsp3) is 0.333. The van der Waals surface area contributed by atoms with Gasteiger partial charge in [-0.3, -0.25) is 4.39 Å². The zero-order valence-corrected chi connectivity index (χ0v) is 8.92. The molecular formula is C9H11Cl2F2N. The molecule has 0 aliphatic carbocycles. The molecule has 0 amide bonds. The van der Waals surface area contributed by atoms with Gasteiger partial charge in [0.1, 0.15) is 5.82 Å². The molecule has 0 fully saturated rings. The van der Waals surface area contributed by atoms with Gasteiger partial charge in [0, 0.05) is 6.04 Å². The summed E-state index contributed by atoms with van der Waals surface area (Å²) >= 11 is 5.47. The normalized spacial score (nSPS) is 12.0. The standard InChI is InChI=1S/C9H10ClF2N.ClH/c10-7-2-1-6(5-8(7)12)9(13)3-4-11;/h1-2,5,9H,3-4,13H2;1H/t9-;/m0./s1. The van der Waals surface area contributed by atoms with Gasteiger partial charge in [-0.15, -0.1) is 12.4 Å². The smallest absolute Gasteiger partial charge is 0.142 e. The second kappa shape index (κ2) is 6.17. The number of hydrogen-bond donors (Lipinski definition) is 1. The van der Waals surface area contributed by atoms with Crippen LogP contribution in [0.15, 0.2) is 18.2 Å².